The highest BCUT2D eigenvalue weighted by atomic mass is 16.6. The molecule has 1 aromatic carbocycles. The van der Waals surface area contributed by atoms with E-state index < -0.39 is 17.5 Å². The first-order valence-corrected chi connectivity index (χ1v) is 7.03. The van der Waals surface area contributed by atoms with Crippen LogP contribution in [0.15, 0.2) is 36.5 Å². The molecule has 0 saturated carbocycles. The Morgan fingerprint density at radius 2 is 1.78 bits per heavy atom. The Balaban J connectivity index is 2.44. The van der Waals surface area contributed by atoms with Gasteiger partial charge in [-0.1, -0.05) is 30.0 Å². The van der Waals surface area contributed by atoms with E-state index in [-0.39, 0.29) is 16.8 Å². The van der Waals surface area contributed by atoms with Gasteiger partial charge in [-0.15, -0.1) is 0 Å². The van der Waals surface area contributed by atoms with E-state index in [0.29, 0.717) is 0 Å². The minimum Gasteiger partial charge on any atom is -0.478 e. The molecule has 0 aliphatic carbocycles. The van der Waals surface area contributed by atoms with Crippen LogP contribution in [0, 0.1) is 11.8 Å². The molecular formula is C18H17NO4. The van der Waals surface area contributed by atoms with Gasteiger partial charge in [0.15, 0.2) is 0 Å². The number of esters is 1. The average Bonchev–Trinajstić information content (AvgIpc) is 2.88. The van der Waals surface area contributed by atoms with Crippen molar-refractivity contribution in [2.75, 3.05) is 0 Å². The molecule has 5 nitrogen and oxygen atoms in total. The SMILES string of the molecule is CC(C)(C)OC(=O)c1[nH]cc(C(=O)O)c1C#Cc1ccccc1. The van der Waals surface area contributed by atoms with Crippen molar-refractivity contribution in [3.8, 4) is 11.8 Å². The van der Waals surface area contributed by atoms with Gasteiger partial charge in [0.05, 0.1) is 11.1 Å². The lowest BCUT2D eigenvalue weighted by Gasteiger charge is -2.19. The zero-order valence-electron chi connectivity index (χ0n) is 13.1. The van der Waals surface area contributed by atoms with Crippen LogP contribution in [0.1, 0.15) is 52.7 Å². The van der Waals surface area contributed by atoms with Gasteiger partial charge in [0.1, 0.15) is 11.3 Å². The molecule has 0 bridgehead atoms. The van der Waals surface area contributed by atoms with Crippen LogP contribution >= 0.6 is 0 Å². The number of carbonyl (C=O) groups is 2. The van der Waals surface area contributed by atoms with Crippen molar-refractivity contribution in [1.82, 2.24) is 4.98 Å². The molecule has 118 valence electrons. The zero-order valence-corrected chi connectivity index (χ0v) is 13.1. The second-order valence-corrected chi connectivity index (χ2v) is 5.88. The number of carboxylic acid groups (broad SMARTS) is 1. The molecule has 1 aromatic heterocycles. The Hall–Kier alpha value is -3.00. The summed E-state index contributed by atoms with van der Waals surface area (Å²) < 4.78 is 5.28. The molecule has 0 aliphatic rings. The number of carbonyl (C=O) groups excluding carboxylic acids is 1. The summed E-state index contributed by atoms with van der Waals surface area (Å²) in [7, 11) is 0. The number of aromatic amines is 1. The molecular weight excluding hydrogens is 294 g/mol. The van der Waals surface area contributed by atoms with Crippen molar-refractivity contribution < 1.29 is 19.4 Å². The van der Waals surface area contributed by atoms with E-state index in [2.05, 4.69) is 16.8 Å². The monoisotopic (exact) mass is 311 g/mol. The lowest BCUT2D eigenvalue weighted by molar-refractivity contribution is 0.00633. The molecule has 0 aliphatic heterocycles. The van der Waals surface area contributed by atoms with Crippen molar-refractivity contribution in [3.05, 3.63) is 58.9 Å². The van der Waals surface area contributed by atoms with Gasteiger partial charge in [-0.3, -0.25) is 0 Å². The van der Waals surface area contributed by atoms with E-state index in [1.54, 1.807) is 32.9 Å². The van der Waals surface area contributed by atoms with Crippen molar-refractivity contribution in [3.63, 3.8) is 0 Å². The Labute approximate surface area is 134 Å². The number of aromatic carboxylic acids is 1. The smallest absolute Gasteiger partial charge is 0.356 e. The summed E-state index contributed by atoms with van der Waals surface area (Å²) >= 11 is 0. The number of benzene rings is 1. The van der Waals surface area contributed by atoms with E-state index in [9.17, 15) is 14.7 Å². The molecule has 0 fully saturated rings. The van der Waals surface area contributed by atoms with Crippen LogP contribution in [0.4, 0.5) is 0 Å². The molecule has 1 heterocycles. The number of H-pyrrole nitrogens is 1. The Bertz CT molecular complexity index is 786. The average molecular weight is 311 g/mol. The summed E-state index contributed by atoms with van der Waals surface area (Å²) in [4.78, 5) is 26.2. The summed E-state index contributed by atoms with van der Waals surface area (Å²) in [6.07, 6.45) is 1.25. The number of rotatable bonds is 2. The standard InChI is InChI=1S/C18H17NO4/c1-18(2,3)23-17(22)15-13(14(11-19-15)16(20)21)10-9-12-7-5-4-6-8-12/h4-8,11,19H,1-3H3,(H,20,21). The quantitative estimate of drug-likeness (QED) is 0.660. The van der Waals surface area contributed by atoms with Gasteiger partial charge in [-0.05, 0) is 32.9 Å². The maximum absolute atomic E-state index is 12.2. The third-order valence-electron chi connectivity index (χ3n) is 2.82. The van der Waals surface area contributed by atoms with Crippen LogP contribution in [0.5, 0.6) is 0 Å². The summed E-state index contributed by atoms with van der Waals surface area (Å²) in [5.74, 6) is 3.83. The van der Waals surface area contributed by atoms with E-state index in [1.807, 2.05) is 18.2 Å². The summed E-state index contributed by atoms with van der Waals surface area (Å²) in [5.41, 5.74) is 0.140. The molecule has 0 unspecified atom stereocenters. The molecule has 23 heavy (non-hydrogen) atoms. The van der Waals surface area contributed by atoms with Gasteiger partial charge in [0.25, 0.3) is 0 Å². The fraction of sp³-hybridized carbons (Fsp3) is 0.222. The minimum atomic E-state index is -1.16. The van der Waals surface area contributed by atoms with Crippen LogP contribution in [-0.2, 0) is 4.74 Å². The second-order valence-electron chi connectivity index (χ2n) is 5.88. The van der Waals surface area contributed by atoms with E-state index >= 15 is 0 Å². The van der Waals surface area contributed by atoms with Crippen molar-refractivity contribution >= 4 is 11.9 Å². The van der Waals surface area contributed by atoms with E-state index in [0.717, 1.165) is 5.56 Å². The predicted octanol–water partition coefficient (Wildman–Crippen LogP) is 3.07. The zero-order chi connectivity index (χ0) is 17.0. The van der Waals surface area contributed by atoms with E-state index in [4.69, 9.17) is 4.74 Å². The van der Waals surface area contributed by atoms with Crippen molar-refractivity contribution in [2.24, 2.45) is 0 Å². The lowest BCUT2D eigenvalue weighted by atomic mass is 10.1. The first-order chi connectivity index (χ1) is 10.8. The summed E-state index contributed by atoms with van der Waals surface area (Å²) in [6, 6.07) is 9.11. The van der Waals surface area contributed by atoms with Crippen LogP contribution in [0.25, 0.3) is 0 Å². The number of hydrogen-bond donors (Lipinski definition) is 2. The third-order valence-corrected chi connectivity index (χ3v) is 2.82. The van der Waals surface area contributed by atoms with Crippen LogP contribution in [0.2, 0.25) is 0 Å². The van der Waals surface area contributed by atoms with Crippen molar-refractivity contribution in [1.29, 1.82) is 0 Å². The largest absolute Gasteiger partial charge is 0.478 e. The van der Waals surface area contributed by atoms with Gasteiger partial charge >= 0.3 is 11.9 Å². The van der Waals surface area contributed by atoms with Gasteiger partial charge in [0.2, 0.25) is 0 Å². The highest BCUT2D eigenvalue weighted by Crippen LogP contribution is 2.18. The van der Waals surface area contributed by atoms with Crippen molar-refractivity contribution in [2.45, 2.75) is 26.4 Å². The lowest BCUT2D eigenvalue weighted by Crippen LogP contribution is -2.24. The normalized spacial score (nSPS) is 10.6. The summed E-state index contributed by atoms with van der Waals surface area (Å²) in [5, 5.41) is 9.25. The molecule has 2 aromatic rings. The van der Waals surface area contributed by atoms with E-state index in [1.165, 1.54) is 6.20 Å². The molecule has 0 radical (unpaired) electrons. The first kappa shape index (κ1) is 16.4. The number of ether oxygens (including phenoxy) is 1. The Morgan fingerprint density at radius 3 is 2.35 bits per heavy atom. The summed E-state index contributed by atoms with van der Waals surface area (Å²) in [6.45, 7) is 5.21. The molecule has 0 amide bonds. The minimum absolute atomic E-state index is 0.0424. The molecule has 0 atom stereocenters. The third kappa shape index (κ3) is 4.24. The molecule has 2 rings (SSSR count). The second kappa shape index (κ2) is 6.41. The van der Waals surface area contributed by atoms with Gasteiger partial charge in [-0.25, -0.2) is 9.59 Å². The van der Waals surface area contributed by atoms with Gasteiger partial charge in [0, 0.05) is 11.8 Å². The maximum atomic E-state index is 12.2. The number of nitrogens with one attached hydrogen (secondary N) is 1. The Kier molecular flexibility index (Phi) is 4.56. The number of carboxylic acids is 1. The van der Waals surface area contributed by atoms with Crippen LogP contribution in [-0.4, -0.2) is 27.6 Å². The molecule has 0 spiro atoms. The highest BCUT2D eigenvalue weighted by molar-refractivity contribution is 5.98. The highest BCUT2D eigenvalue weighted by Gasteiger charge is 2.25. The van der Waals surface area contributed by atoms with Gasteiger partial charge in [-0.2, -0.15) is 0 Å². The Morgan fingerprint density at radius 1 is 1.13 bits per heavy atom. The number of aromatic nitrogens is 1. The van der Waals surface area contributed by atoms with Crippen LogP contribution < -0.4 is 0 Å². The molecule has 5 heteroatoms. The maximum Gasteiger partial charge on any atom is 0.356 e. The fourth-order valence-corrected chi connectivity index (χ4v) is 1.87. The van der Waals surface area contributed by atoms with Gasteiger partial charge < -0.3 is 14.8 Å². The predicted molar refractivity (Wildman–Crippen MR) is 85.3 cm³/mol. The molecule has 2 N–H and O–H groups in total. The first-order valence-electron chi connectivity index (χ1n) is 7.03. The fourth-order valence-electron chi connectivity index (χ4n) is 1.87. The topological polar surface area (TPSA) is 79.4 Å². The number of hydrogen-bond acceptors (Lipinski definition) is 3. The van der Waals surface area contributed by atoms with Crippen LogP contribution in [0.3, 0.4) is 0 Å². The molecule has 0 saturated heterocycles.